The average molecular weight is 462 g/mol. The number of hydrogen-bond donors (Lipinski definition) is 4. The largest absolute Gasteiger partial charge is 0.497 e. The Morgan fingerprint density at radius 3 is 2.26 bits per heavy atom. The fourth-order valence-corrected chi connectivity index (χ4v) is 3.11. The number of hydrogen-bond acceptors (Lipinski definition) is 6. The van der Waals surface area contributed by atoms with Crippen LogP contribution in [-0.2, 0) is 0 Å². The summed E-state index contributed by atoms with van der Waals surface area (Å²) in [6, 6.07) is 16.2. The zero-order chi connectivity index (χ0) is 24.3. The molecule has 1 aromatic heterocycles. The maximum absolute atomic E-state index is 12.9. The van der Waals surface area contributed by atoms with Gasteiger partial charge in [0, 0.05) is 23.9 Å². The fraction of sp³-hybridized carbons (Fsp3) is 0.200. The van der Waals surface area contributed by atoms with Crippen LogP contribution in [-0.4, -0.2) is 42.9 Å². The molecule has 3 amide bonds. The highest BCUT2D eigenvalue weighted by Gasteiger charge is 2.17. The van der Waals surface area contributed by atoms with Gasteiger partial charge in [-0.3, -0.25) is 14.4 Å². The highest BCUT2D eigenvalue weighted by molar-refractivity contribution is 6.12. The molecule has 5 N–H and O–H groups in total. The number of nitrogens with one attached hydrogen (secondary N) is 3. The van der Waals surface area contributed by atoms with Crippen molar-refractivity contribution in [2.45, 2.75) is 12.8 Å². The standard InChI is InChI=1S/C25H27N5O4/c1-34-19-11-12-21(20(16-19)25(33)30-22-6-2-4-14-27-22)29-24(32)18-9-7-17(8-10-18)23(31)28-15-5-3-13-26/h2,4,6-12,14,16H,3,5,13,15,26H2,1H3,(H,28,31)(H,29,32)(H,27,30,33). The molecular weight excluding hydrogens is 434 g/mol. The second-order valence-corrected chi connectivity index (χ2v) is 7.36. The first-order chi connectivity index (χ1) is 16.5. The molecule has 0 bridgehead atoms. The number of benzene rings is 2. The van der Waals surface area contributed by atoms with Crippen LogP contribution >= 0.6 is 0 Å². The van der Waals surface area contributed by atoms with Crippen molar-refractivity contribution < 1.29 is 19.1 Å². The second kappa shape index (κ2) is 12.1. The lowest BCUT2D eigenvalue weighted by atomic mass is 10.1. The maximum Gasteiger partial charge on any atom is 0.259 e. The van der Waals surface area contributed by atoms with E-state index >= 15 is 0 Å². The van der Waals surface area contributed by atoms with Crippen molar-refractivity contribution in [2.75, 3.05) is 30.8 Å². The van der Waals surface area contributed by atoms with Gasteiger partial charge in [-0.1, -0.05) is 6.07 Å². The summed E-state index contributed by atoms with van der Waals surface area (Å²) in [7, 11) is 1.49. The lowest BCUT2D eigenvalue weighted by Crippen LogP contribution is -2.25. The van der Waals surface area contributed by atoms with Gasteiger partial charge in [0.05, 0.1) is 18.4 Å². The predicted molar refractivity (Wildman–Crippen MR) is 130 cm³/mol. The summed E-state index contributed by atoms with van der Waals surface area (Å²) in [4.78, 5) is 42.0. The van der Waals surface area contributed by atoms with Crippen LogP contribution in [0, 0.1) is 0 Å². The smallest absolute Gasteiger partial charge is 0.259 e. The number of unbranched alkanes of at least 4 members (excludes halogenated alkanes) is 1. The molecule has 0 unspecified atom stereocenters. The Labute approximate surface area is 197 Å². The highest BCUT2D eigenvalue weighted by Crippen LogP contribution is 2.24. The molecule has 0 aliphatic heterocycles. The number of rotatable bonds is 10. The van der Waals surface area contributed by atoms with Gasteiger partial charge in [0.2, 0.25) is 0 Å². The number of carbonyl (C=O) groups is 3. The Bertz CT molecular complexity index is 1130. The van der Waals surface area contributed by atoms with Crippen LogP contribution in [0.3, 0.4) is 0 Å². The minimum Gasteiger partial charge on any atom is -0.497 e. The first kappa shape index (κ1) is 24.4. The SMILES string of the molecule is COc1ccc(NC(=O)c2ccc(C(=O)NCCCCN)cc2)c(C(=O)Nc2ccccn2)c1. The van der Waals surface area contributed by atoms with Gasteiger partial charge in [0.15, 0.2) is 0 Å². The quantitative estimate of drug-likeness (QED) is 0.343. The van der Waals surface area contributed by atoms with Crippen molar-refractivity contribution in [1.29, 1.82) is 0 Å². The van der Waals surface area contributed by atoms with Crippen LogP contribution in [0.15, 0.2) is 66.9 Å². The number of amides is 3. The van der Waals surface area contributed by atoms with Crippen LogP contribution < -0.4 is 26.4 Å². The van der Waals surface area contributed by atoms with Crippen LogP contribution in [0.4, 0.5) is 11.5 Å². The Morgan fingerprint density at radius 2 is 1.62 bits per heavy atom. The van der Waals surface area contributed by atoms with Gasteiger partial charge in [-0.15, -0.1) is 0 Å². The molecule has 0 saturated carbocycles. The fourth-order valence-electron chi connectivity index (χ4n) is 3.11. The Balaban J connectivity index is 1.71. The molecule has 0 spiro atoms. The molecule has 0 fully saturated rings. The lowest BCUT2D eigenvalue weighted by Gasteiger charge is -2.13. The van der Waals surface area contributed by atoms with Crippen LogP contribution in [0.2, 0.25) is 0 Å². The van der Waals surface area contributed by atoms with Crippen LogP contribution in [0.5, 0.6) is 5.75 Å². The molecule has 34 heavy (non-hydrogen) atoms. The summed E-state index contributed by atoms with van der Waals surface area (Å²) in [5.74, 6) is -0.246. The van der Waals surface area contributed by atoms with Gasteiger partial charge in [0.1, 0.15) is 11.6 Å². The minimum absolute atomic E-state index is 0.215. The van der Waals surface area contributed by atoms with Crippen LogP contribution in [0.25, 0.3) is 0 Å². The van der Waals surface area contributed by atoms with Crippen LogP contribution in [0.1, 0.15) is 43.9 Å². The predicted octanol–water partition coefficient (Wildman–Crippen LogP) is 3.06. The van der Waals surface area contributed by atoms with Crippen molar-refractivity contribution in [3.05, 3.63) is 83.6 Å². The highest BCUT2D eigenvalue weighted by atomic mass is 16.5. The number of nitrogens with zero attached hydrogens (tertiary/aromatic N) is 1. The summed E-state index contributed by atoms with van der Waals surface area (Å²) in [6.45, 7) is 1.12. The molecule has 9 heteroatoms. The van der Waals surface area contributed by atoms with Crippen molar-refractivity contribution in [3.8, 4) is 5.75 Å². The molecule has 0 aliphatic carbocycles. The summed E-state index contributed by atoms with van der Waals surface area (Å²) >= 11 is 0. The maximum atomic E-state index is 12.9. The third-order valence-electron chi connectivity index (χ3n) is 4.95. The number of methoxy groups -OCH3 is 1. The minimum atomic E-state index is -0.449. The molecule has 3 rings (SSSR count). The molecular formula is C25H27N5O4. The number of anilines is 2. The van der Waals surface area contributed by atoms with Gasteiger partial charge < -0.3 is 26.4 Å². The third-order valence-corrected chi connectivity index (χ3v) is 4.95. The molecule has 0 saturated heterocycles. The molecule has 3 aromatic rings. The van der Waals surface area contributed by atoms with Crippen molar-refractivity contribution in [2.24, 2.45) is 5.73 Å². The van der Waals surface area contributed by atoms with E-state index in [4.69, 9.17) is 10.5 Å². The van der Waals surface area contributed by atoms with Gasteiger partial charge in [0.25, 0.3) is 17.7 Å². The van der Waals surface area contributed by atoms with E-state index in [0.29, 0.717) is 41.5 Å². The zero-order valence-corrected chi connectivity index (χ0v) is 18.8. The Kier molecular flexibility index (Phi) is 8.70. The van der Waals surface area contributed by atoms with E-state index < -0.39 is 11.8 Å². The van der Waals surface area contributed by atoms with Gasteiger partial charge >= 0.3 is 0 Å². The molecule has 0 aliphatic rings. The molecule has 176 valence electrons. The number of aromatic nitrogens is 1. The summed E-state index contributed by atoms with van der Waals surface area (Å²) in [5.41, 5.74) is 6.76. The third kappa shape index (κ3) is 6.63. The second-order valence-electron chi connectivity index (χ2n) is 7.36. The number of carbonyl (C=O) groups excluding carboxylic acids is 3. The first-order valence-corrected chi connectivity index (χ1v) is 10.8. The monoisotopic (exact) mass is 461 g/mol. The van der Waals surface area contributed by atoms with Crippen molar-refractivity contribution in [1.82, 2.24) is 10.3 Å². The zero-order valence-electron chi connectivity index (χ0n) is 18.8. The van der Waals surface area contributed by atoms with E-state index in [1.165, 1.54) is 13.2 Å². The van der Waals surface area contributed by atoms with E-state index in [9.17, 15) is 14.4 Å². The number of pyridine rings is 1. The van der Waals surface area contributed by atoms with E-state index in [-0.39, 0.29) is 11.5 Å². The van der Waals surface area contributed by atoms with E-state index in [2.05, 4.69) is 20.9 Å². The number of nitrogens with two attached hydrogens (primary N) is 1. The van der Waals surface area contributed by atoms with E-state index in [1.807, 2.05) is 0 Å². The average Bonchev–Trinajstić information content (AvgIpc) is 2.87. The van der Waals surface area contributed by atoms with E-state index in [1.54, 1.807) is 60.8 Å². The van der Waals surface area contributed by atoms with Gasteiger partial charge in [-0.05, 0) is 74.0 Å². The lowest BCUT2D eigenvalue weighted by molar-refractivity contribution is 0.0950. The summed E-state index contributed by atoms with van der Waals surface area (Å²) < 4.78 is 5.22. The Morgan fingerprint density at radius 1 is 0.882 bits per heavy atom. The van der Waals surface area contributed by atoms with Gasteiger partial charge in [-0.25, -0.2) is 4.98 Å². The normalized spacial score (nSPS) is 10.3. The molecule has 2 aromatic carbocycles. The first-order valence-electron chi connectivity index (χ1n) is 10.8. The van der Waals surface area contributed by atoms with Gasteiger partial charge in [-0.2, -0.15) is 0 Å². The molecule has 0 radical (unpaired) electrons. The van der Waals surface area contributed by atoms with E-state index in [0.717, 1.165) is 12.8 Å². The molecule has 1 heterocycles. The summed E-state index contributed by atoms with van der Waals surface area (Å²) in [5, 5.41) is 8.27. The molecule has 9 nitrogen and oxygen atoms in total. The van der Waals surface area contributed by atoms with Crippen molar-refractivity contribution in [3.63, 3.8) is 0 Å². The Hall–Kier alpha value is -4.24. The summed E-state index contributed by atoms with van der Waals surface area (Å²) in [6.07, 6.45) is 3.21. The number of ether oxygens (including phenoxy) is 1. The topological polar surface area (TPSA) is 135 Å². The molecule has 0 atom stereocenters. The van der Waals surface area contributed by atoms with Crippen molar-refractivity contribution >= 4 is 29.2 Å².